The molecule has 21 heavy (non-hydrogen) atoms. The van der Waals surface area contributed by atoms with Crippen LogP contribution in [0.25, 0.3) is 11.1 Å². The monoisotopic (exact) mass is 289 g/mol. The fraction of sp³-hybridized carbons (Fsp3) is 0.500. The SMILES string of the molecule is CCC1CCCCC1Oc1nc2ccc(C(=O)O)cc2o1. The summed E-state index contributed by atoms with van der Waals surface area (Å²) in [6.45, 7) is 2.18. The second kappa shape index (κ2) is 5.76. The molecule has 0 bridgehead atoms. The molecular formula is C16H19NO4. The first kappa shape index (κ1) is 13.9. The van der Waals surface area contributed by atoms with E-state index < -0.39 is 5.97 Å². The number of oxazole rings is 1. The molecule has 1 N–H and O–H groups in total. The number of hydrogen-bond donors (Lipinski definition) is 1. The summed E-state index contributed by atoms with van der Waals surface area (Å²) in [7, 11) is 0. The number of benzene rings is 1. The van der Waals surface area contributed by atoms with Crippen LogP contribution in [0.5, 0.6) is 6.08 Å². The Morgan fingerprint density at radius 2 is 2.24 bits per heavy atom. The van der Waals surface area contributed by atoms with Crippen LogP contribution in [0, 0.1) is 5.92 Å². The number of carbonyl (C=O) groups is 1. The van der Waals surface area contributed by atoms with Gasteiger partial charge in [-0.15, -0.1) is 0 Å². The van der Waals surface area contributed by atoms with E-state index in [0.29, 0.717) is 17.0 Å². The fourth-order valence-electron chi connectivity index (χ4n) is 3.01. The van der Waals surface area contributed by atoms with Gasteiger partial charge < -0.3 is 14.3 Å². The Hall–Kier alpha value is -2.04. The molecule has 1 aliphatic carbocycles. The van der Waals surface area contributed by atoms with Gasteiger partial charge in [0.2, 0.25) is 0 Å². The normalized spacial score (nSPS) is 22.3. The van der Waals surface area contributed by atoms with Crippen molar-refractivity contribution in [3.8, 4) is 6.08 Å². The van der Waals surface area contributed by atoms with Gasteiger partial charge in [0.25, 0.3) is 0 Å². The first-order chi connectivity index (χ1) is 10.2. The Morgan fingerprint density at radius 3 is 3.00 bits per heavy atom. The number of ether oxygens (including phenoxy) is 1. The number of carboxylic acid groups (broad SMARTS) is 1. The molecule has 0 saturated heterocycles. The van der Waals surface area contributed by atoms with Gasteiger partial charge in [0.05, 0.1) is 5.56 Å². The van der Waals surface area contributed by atoms with Crippen molar-refractivity contribution >= 4 is 17.1 Å². The molecule has 5 heteroatoms. The Bertz CT molecular complexity index is 649. The van der Waals surface area contributed by atoms with Gasteiger partial charge in [-0.25, -0.2) is 4.79 Å². The lowest BCUT2D eigenvalue weighted by molar-refractivity contribution is 0.0627. The summed E-state index contributed by atoms with van der Waals surface area (Å²) >= 11 is 0. The van der Waals surface area contributed by atoms with Crippen LogP contribution in [-0.4, -0.2) is 22.2 Å². The van der Waals surface area contributed by atoms with Gasteiger partial charge >= 0.3 is 12.0 Å². The van der Waals surface area contributed by atoms with Gasteiger partial charge in [0.1, 0.15) is 11.6 Å². The van der Waals surface area contributed by atoms with E-state index >= 15 is 0 Å². The lowest BCUT2D eigenvalue weighted by Gasteiger charge is -2.29. The van der Waals surface area contributed by atoms with Crippen LogP contribution in [0.15, 0.2) is 22.6 Å². The largest absolute Gasteiger partial charge is 0.478 e. The number of fused-ring (bicyclic) bond motifs is 1. The van der Waals surface area contributed by atoms with Crippen molar-refractivity contribution in [3.05, 3.63) is 23.8 Å². The number of hydrogen-bond acceptors (Lipinski definition) is 4. The van der Waals surface area contributed by atoms with Gasteiger partial charge in [-0.2, -0.15) is 4.98 Å². The van der Waals surface area contributed by atoms with Crippen molar-refractivity contribution in [1.82, 2.24) is 4.98 Å². The first-order valence-corrected chi connectivity index (χ1v) is 7.48. The maximum absolute atomic E-state index is 11.0. The Balaban J connectivity index is 1.82. The molecule has 112 valence electrons. The predicted molar refractivity (Wildman–Crippen MR) is 77.6 cm³/mol. The third-order valence-electron chi connectivity index (χ3n) is 4.23. The van der Waals surface area contributed by atoms with Crippen molar-refractivity contribution in [2.75, 3.05) is 0 Å². The molecule has 0 aliphatic heterocycles. The molecule has 1 saturated carbocycles. The summed E-state index contributed by atoms with van der Waals surface area (Å²) in [6.07, 6.45) is 6.13. The number of carboxylic acids is 1. The van der Waals surface area contributed by atoms with Crippen LogP contribution in [0.1, 0.15) is 49.4 Å². The maximum atomic E-state index is 11.0. The number of aromatic nitrogens is 1. The highest BCUT2D eigenvalue weighted by molar-refractivity contribution is 5.91. The minimum Gasteiger partial charge on any atom is -0.478 e. The smallest absolute Gasteiger partial charge is 0.394 e. The molecule has 2 aromatic rings. The lowest BCUT2D eigenvalue weighted by Crippen LogP contribution is -2.29. The molecule has 1 aliphatic rings. The number of rotatable bonds is 4. The summed E-state index contributed by atoms with van der Waals surface area (Å²) in [4.78, 5) is 15.3. The molecule has 0 radical (unpaired) electrons. The van der Waals surface area contributed by atoms with Crippen LogP contribution in [-0.2, 0) is 0 Å². The van der Waals surface area contributed by atoms with Crippen LogP contribution in [0.2, 0.25) is 0 Å². The molecular weight excluding hydrogens is 270 g/mol. The van der Waals surface area contributed by atoms with E-state index in [1.807, 2.05) is 0 Å². The lowest BCUT2D eigenvalue weighted by atomic mass is 9.85. The Labute approximate surface area is 122 Å². The maximum Gasteiger partial charge on any atom is 0.394 e. The molecule has 1 fully saturated rings. The topological polar surface area (TPSA) is 72.6 Å². The van der Waals surface area contributed by atoms with E-state index in [1.54, 1.807) is 6.07 Å². The molecule has 2 unspecified atom stereocenters. The van der Waals surface area contributed by atoms with E-state index in [0.717, 1.165) is 12.8 Å². The zero-order valence-corrected chi connectivity index (χ0v) is 12.0. The zero-order chi connectivity index (χ0) is 14.8. The van der Waals surface area contributed by atoms with Crippen LogP contribution >= 0.6 is 0 Å². The highest BCUT2D eigenvalue weighted by atomic mass is 16.6. The van der Waals surface area contributed by atoms with E-state index in [2.05, 4.69) is 11.9 Å². The second-order valence-electron chi connectivity index (χ2n) is 5.58. The van der Waals surface area contributed by atoms with E-state index in [1.165, 1.54) is 31.4 Å². The van der Waals surface area contributed by atoms with Crippen molar-refractivity contribution < 1.29 is 19.1 Å². The van der Waals surface area contributed by atoms with Gasteiger partial charge in [0, 0.05) is 0 Å². The summed E-state index contributed by atoms with van der Waals surface area (Å²) in [5.41, 5.74) is 1.27. The molecule has 1 aromatic heterocycles. The molecule has 0 amide bonds. The minimum atomic E-state index is -0.978. The third-order valence-corrected chi connectivity index (χ3v) is 4.23. The van der Waals surface area contributed by atoms with Crippen molar-refractivity contribution in [2.24, 2.45) is 5.92 Å². The van der Waals surface area contributed by atoms with E-state index in [4.69, 9.17) is 14.3 Å². The molecule has 0 spiro atoms. The molecule has 2 atom stereocenters. The quantitative estimate of drug-likeness (QED) is 0.924. The summed E-state index contributed by atoms with van der Waals surface area (Å²) in [5.74, 6) is -0.433. The average Bonchev–Trinajstić information content (AvgIpc) is 2.89. The highest BCUT2D eigenvalue weighted by Crippen LogP contribution is 2.31. The number of nitrogens with zero attached hydrogens (tertiary/aromatic N) is 1. The summed E-state index contributed by atoms with van der Waals surface area (Å²) < 4.78 is 11.5. The second-order valence-corrected chi connectivity index (χ2v) is 5.58. The number of aromatic carboxylic acids is 1. The van der Waals surface area contributed by atoms with Gasteiger partial charge in [0.15, 0.2) is 5.58 Å². The van der Waals surface area contributed by atoms with E-state index in [9.17, 15) is 4.79 Å². The van der Waals surface area contributed by atoms with E-state index in [-0.39, 0.29) is 17.7 Å². The average molecular weight is 289 g/mol. The van der Waals surface area contributed by atoms with Crippen molar-refractivity contribution in [3.63, 3.8) is 0 Å². The van der Waals surface area contributed by atoms with Gasteiger partial charge in [-0.05, 0) is 49.8 Å². The van der Waals surface area contributed by atoms with Crippen LogP contribution in [0.3, 0.4) is 0 Å². The summed E-state index contributed by atoms with van der Waals surface area (Å²) in [5, 5.41) is 8.99. The molecule has 1 heterocycles. The summed E-state index contributed by atoms with van der Waals surface area (Å²) in [6, 6.07) is 4.65. The minimum absolute atomic E-state index is 0.149. The van der Waals surface area contributed by atoms with Crippen LogP contribution < -0.4 is 4.74 Å². The predicted octanol–water partition coefficient (Wildman–Crippen LogP) is 3.87. The fourth-order valence-corrected chi connectivity index (χ4v) is 3.01. The van der Waals surface area contributed by atoms with Crippen molar-refractivity contribution in [2.45, 2.75) is 45.1 Å². The Kier molecular flexibility index (Phi) is 3.82. The molecule has 1 aromatic carbocycles. The molecule has 5 nitrogen and oxygen atoms in total. The third kappa shape index (κ3) is 2.86. The van der Waals surface area contributed by atoms with Crippen molar-refractivity contribution in [1.29, 1.82) is 0 Å². The highest BCUT2D eigenvalue weighted by Gasteiger charge is 2.26. The Morgan fingerprint density at radius 1 is 1.43 bits per heavy atom. The zero-order valence-electron chi connectivity index (χ0n) is 12.0. The first-order valence-electron chi connectivity index (χ1n) is 7.48. The standard InChI is InChI=1S/C16H19NO4/c1-2-10-5-3-4-6-13(10)20-16-17-12-8-7-11(15(18)19)9-14(12)21-16/h7-10,13H,2-6H2,1H3,(H,18,19). The van der Waals surface area contributed by atoms with Gasteiger partial charge in [-0.1, -0.05) is 13.3 Å². The molecule has 3 rings (SSSR count). The van der Waals surface area contributed by atoms with Crippen LogP contribution in [0.4, 0.5) is 0 Å². The van der Waals surface area contributed by atoms with Gasteiger partial charge in [-0.3, -0.25) is 0 Å².